The third-order valence-electron chi connectivity index (χ3n) is 4.18. The topological polar surface area (TPSA) is 97.6 Å². The highest BCUT2D eigenvalue weighted by molar-refractivity contribution is 7.89. The van der Waals surface area contributed by atoms with E-state index in [1.54, 1.807) is 44.2 Å². The minimum atomic E-state index is -3.93. The van der Waals surface area contributed by atoms with Crippen LogP contribution in [0, 0.1) is 20.8 Å². The second-order valence-corrected chi connectivity index (χ2v) is 8.27. The molecule has 0 aliphatic carbocycles. The van der Waals surface area contributed by atoms with E-state index in [-0.39, 0.29) is 17.3 Å². The zero-order valence-electron chi connectivity index (χ0n) is 16.4. The number of furan rings is 1. The van der Waals surface area contributed by atoms with Crippen LogP contribution in [0.1, 0.15) is 33.0 Å². The molecule has 0 unspecified atom stereocenters. The van der Waals surface area contributed by atoms with Crippen LogP contribution < -0.4 is 15.0 Å². The quantitative estimate of drug-likeness (QED) is 0.578. The first-order chi connectivity index (χ1) is 13.8. The summed E-state index contributed by atoms with van der Waals surface area (Å²) in [5.41, 5.74) is 4.34. The molecule has 2 N–H and O–H groups in total. The van der Waals surface area contributed by atoms with E-state index in [0.717, 1.165) is 5.56 Å². The fourth-order valence-corrected chi connectivity index (χ4v) is 4.36. The molecular formula is C21H22N2O5S. The number of carbonyl (C=O) groups excluding carboxylic acids is 1. The Morgan fingerprint density at radius 2 is 1.66 bits per heavy atom. The number of para-hydroxylation sites is 1. The number of hydrogen-bond acceptors (Lipinski definition) is 5. The van der Waals surface area contributed by atoms with E-state index in [9.17, 15) is 13.2 Å². The summed E-state index contributed by atoms with van der Waals surface area (Å²) in [6.07, 6.45) is 0. The van der Waals surface area contributed by atoms with Crippen LogP contribution in [-0.4, -0.2) is 14.3 Å². The van der Waals surface area contributed by atoms with Crippen molar-refractivity contribution >= 4 is 15.9 Å². The summed E-state index contributed by atoms with van der Waals surface area (Å²) in [6, 6.07) is 15.8. The van der Waals surface area contributed by atoms with Gasteiger partial charge in [-0.1, -0.05) is 35.9 Å². The van der Waals surface area contributed by atoms with Gasteiger partial charge in [0.2, 0.25) is 0 Å². The van der Waals surface area contributed by atoms with Crippen molar-refractivity contribution in [1.82, 2.24) is 10.3 Å². The van der Waals surface area contributed by atoms with Crippen LogP contribution in [0.3, 0.4) is 0 Å². The molecule has 0 aliphatic heterocycles. The maximum atomic E-state index is 12.6. The second kappa shape index (κ2) is 8.50. The van der Waals surface area contributed by atoms with Gasteiger partial charge in [0.1, 0.15) is 18.1 Å². The zero-order chi connectivity index (χ0) is 21.0. The summed E-state index contributed by atoms with van der Waals surface area (Å²) in [4.78, 5) is 14.5. The van der Waals surface area contributed by atoms with Gasteiger partial charge >= 0.3 is 5.91 Å². The summed E-state index contributed by atoms with van der Waals surface area (Å²) >= 11 is 0. The van der Waals surface area contributed by atoms with Crippen LogP contribution in [0.2, 0.25) is 0 Å². The third-order valence-corrected chi connectivity index (χ3v) is 5.73. The van der Waals surface area contributed by atoms with Gasteiger partial charge in [-0.05, 0) is 56.2 Å². The maximum Gasteiger partial charge on any atom is 0.301 e. The van der Waals surface area contributed by atoms with E-state index < -0.39 is 15.9 Å². The number of hydrogen-bond donors (Lipinski definition) is 2. The number of hydrazine groups is 1. The summed E-state index contributed by atoms with van der Waals surface area (Å²) in [5.74, 6) is 0.372. The monoisotopic (exact) mass is 414 g/mol. The van der Waals surface area contributed by atoms with Gasteiger partial charge in [0.15, 0.2) is 5.76 Å². The van der Waals surface area contributed by atoms with Crippen LogP contribution in [0.4, 0.5) is 0 Å². The van der Waals surface area contributed by atoms with Gasteiger partial charge in [0.25, 0.3) is 10.0 Å². The van der Waals surface area contributed by atoms with Crippen molar-refractivity contribution in [3.8, 4) is 5.75 Å². The molecule has 0 aliphatic rings. The maximum absolute atomic E-state index is 12.6. The number of benzene rings is 2. The van der Waals surface area contributed by atoms with Crippen molar-refractivity contribution in [2.75, 3.05) is 0 Å². The Kier molecular flexibility index (Phi) is 6.05. The molecule has 152 valence electrons. The van der Waals surface area contributed by atoms with Crippen molar-refractivity contribution in [3.05, 3.63) is 82.8 Å². The Morgan fingerprint density at radius 3 is 2.31 bits per heavy atom. The van der Waals surface area contributed by atoms with Crippen LogP contribution in [0.25, 0.3) is 0 Å². The molecule has 7 nitrogen and oxygen atoms in total. The standard InChI is InChI=1S/C21H22N2O5S/c1-14-11-15(2)20(16(3)12-14)29(25,26)23-22-21(24)19-10-9-18(28-19)13-27-17-7-5-4-6-8-17/h4-12,23H,13H2,1-3H3,(H,22,24). The van der Waals surface area contributed by atoms with Crippen molar-refractivity contribution < 1.29 is 22.4 Å². The molecule has 0 atom stereocenters. The SMILES string of the molecule is Cc1cc(C)c(S(=O)(=O)NNC(=O)c2ccc(COc3ccccc3)o2)c(C)c1. The van der Waals surface area contributed by atoms with Crippen molar-refractivity contribution in [2.45, 2.75) is 32.3 Å². The first kappa shape index (κ1) is 20.6. The number of sulfonamides is 1. The van der Waals surface area contributed by atoms with Gasteiger partial charge in [-0.15, -0.1) is 4.83 Å². The van der Waals surface area contributed by atoms with E-state index in [1.807, 2.05) is 25.1 Å². The van der Waals surface area contributed by atoms with Gasteiger partial charge in [0, 0.05) is 0 Å². The number of carbonyl (C=O) groups is 1. The molecule has 3 aromatic rings. The summed E-state index contributed by atoms with van der Waals surface area (Å²) in [5, 5.41) is 0. The smallest absolute Gasteiger partial charge is 0.301 e. The minimum Gasteiger partial charge on any atom is -0.486 e. The number of rotatable bonds is 7. The average Bonchev–Trinajstić information content (AvgIpc) is 3.13. The van der Waals surface area contributed by atoms with E-state index in [4.69, 9.17) is 9.15 Å². The molecule has 0 saturated heterocycles. The van der Waals surface area contributed by atoms with Gasteiger partial charge in [-0.25, -0.2) is 8.42 Å². The fraction of sp³-hybridized carbons (Fsp3) is 0.190. The van der Waals surface area contributed by atoms with Crippen LogP contribution >= 0.6 is 0 Å². The summed E-state index contributed by atoms with van der Waals surface area (Å²) in [7, 11) is -3.93. The molecule has 0 spiro atoms. The molecule has 1 heterocycles. The van der Waals surface area contributed by atoms with Crippen molar-refractivity contribution in [3.63, 3.8) is 0 Å². The largest absolute Gasteiger partial charge is 0.486 e. The lowest BCUT2D eigenvalue weighted by molar-refractivity contribution is 0.0913. The predicted octanol–water partition coefficient (Wildman–Crippen LogP) is 3.41. The lowest BCUT2D eigenvalue weighted by Crippen LogP contribution is -2.41. The first-order valence-electron chi connectivity index (χ1n) is 8.93. The lowest BCUT2D eigenvalue weighted by Gasteiger charge is -2.13. The number of ether oxygens (including phenoxy) is 1. The Labute approximate surface area is 169 Å². The van der Waals surface area contributed by atoms with E-state index in [2.05, 4.69) is 10.3 Å². The molecule has 0 fully saturated rings. The zero-order valence-corrected chi connectivity index (χ0v) is 17.2. The molecule has 8 heteroatoms. The molecule has 0 bridgehead atoms. The lowest BCUT2D eigenvalue weighted by atomic mass is 10.1. The van der Waals surface area contributed by atoms with Gasteiger partial charge in [-0.3, -0.25) is 10.2 Å². The molecule has 1 amide bonds. The van der Waals surface area contributed by atoms with Crippen LogP contribution in [0.5, 0.6) is 5.75 Å². The molecule has 2 aromatic carbocycles. The van der Waals surface area contributed by atoms with E-state index >= 15 is 0 Å². The molecule has 3 rings (SSSR count). The molecule has 0 saturated carbocycles. The van der Waals surface area contributed by atoms with E-state index in [1.165, 1.54) is 6.07 Å². The molecular weight excluding hydrogens is 392 g/mol. The Bertz CT molecular complexity index is 1100. The van der Waals surface area contributed by atoms with Gasteiger partial charge in [0.05, 0.1) is 4.90 Å². The normalized spacial score (nSPS) is 11.3. The fourth-order valence-electron chi connectivity index (χ4n) is 3.07. The van der Waals surface area contributed by atoms with Gasteiger partial charge in [-0.2, -0.15) is 0 Å². The molecule has 1 aromatic heterocycles. The average molecular weight is 414 g/mol. The first-order valence-corrected chi connectivity index (χ1v) is 10.4. The second-order valence-electron chi connectivity index (χ2n) is 6.66. The Hall–Kier alpha value is -3.10. The third kappa shape index (κ3) is 5.04. The van der Waals surface area contributed by atoms with Crippen molar-refractivity contribution in [2.24, 2.45) is 0 Å². The van der Waals surface area contributed by atoms with Crippen molar-refractivity contribution in [1.29, 1.82) is 0 Å². The highest BCUT2D eigenvalue weighted by Crippen LogP contribution is 2.21. The van der Waals surface area contributed by atoms with Crippen LogP contribution in [0.15, 0.2) is 63.9 Å². The molecule has 0 radical (unpaired) electrons. The minimum absolute atomic E-state index is 0.0308. The Morgan fingerprint density at radius 1 is 1.00 bits per heavy atom. The molecule has 29 heavy (non-hydrogen) atoms. The number of aryl methyl sites for hydroxylation is 3. The summed E-state index contributed by atoms with van der Waals surface area (Å²) < 4.78 is 36.2. The predicted molar refractivity (Wildman–Crippen MR) is 108 cm³/mol. The highest BCUT2D eigenvalue weighted by Gasteiger charge is 2.21. The number of nitrogens with one attached hydrogen (secondary N) is 2. The summed E-state index contributed by atoms with van der Waals surface area (Å²) in [6.45, 7) is 5.45. The van der Waals surface area contributed by atoms with Gasteiger partial charge < -0.3 is 9.15 Å². The van der Waals surface area contributed by atoms with Crippen LogP contribution in [-0.2, 0) is 16.6 Å². The van der Waals surface area contributed by atoms with E-state index in [0.29, 0.717) is 22.6 Å². The Balaban J connectivity index is 1.63. The highest BCUT2D eigenvalue weighted by atomic mass is 32.2. The number of amides is 1.